The zero-order chi connectivity index (χ0) is 11.2. The third-order valence-electron chi connectivity index (χ3n) is 4.63. The van der Waals surface area contributed by atoms with Crippen LogP contribution >= 0.6 is 0 Å². The highest BCUT2D eigenvalue weighted by molar-refractivity contribution is 5.17. The minimum Gasteiger partial charge on any atom is -0.388 e. The van der Waals surface area contributed by atoms with Crippen LogP contribution < -0.4 is 5.32 Å². The van der Waals surface area contributed by atoms with E-state index in [-0.39, 0.29) is 0 Å². The first-order valence-electron chi connectivity index (χ1n) is 6.15. The highest BCUT2D eigenvalue weighted by Crippen LogP contribution is 2.48. The molecule has 2 bridgehead atoms. The quantitative estimate of drug-likeness (QED) is 0.680. The van der Waals surface area contributed by atoms with Gasteiger partial charge in [-0.3, -0.25) is 0 Å². The van der Waals surface area contributed by atoms with Crippen LogP contribution in [0.25, 0.3) is 0 Å². The summed E-state index contributed by atoms with van der Waals surface area (Å²) < 4.78 is 5.36. The molecule has 3 aliphatic rings. The highest BCUT2D eigenvalue weighted by atomic mass is 16.5. The van der Waals surface area contributed by atoms with Crippen molar-refractivity contribution in [1.82, 2.24) is 5.32 Å². The number of nitrogens with one attached hydrogen (secondary N) is 1. The molecule has 3 unspecified atom stereocenters. The van der Waals surface area contributed by atoms with Gasteiger partial charge in [-0.1, -0.05) is 0 Å². The van der Waals surface area contributed by atoms with E-state index in [1.165, 1.54) is 0 Å². The topological polar surface area (TPSA) is 65.3 Å². The van der Waals surface area contributed by atoms with E-state index in [1.54, 1.807) is 0 Å². The zero-order valence-electron chi connectivity index (χ0n) is 9.41. The van der Waals surface area contributed by atoms with Gasteiger partial charge in [-0.05, 0) is 32.1 Å². The molecule has 0 aromatic rings. The highest BCUT2D eigenvalue weighted by Gasteiger charge is 2.57. The predicted octanol–water partition coefficient (Wildman–Crippen LogP) is 0.562. The van der Waals surface area contributed by atoms with E-state index in [4.69, 9.17) is 4.74 Å². The molecule has 88 valence electrons. The fraction of sp³-hybridized carbons (Fsp3) is 0.917. The van der Waals surface area contributed by atoms with Gasteiger partial charge in [-0.2, -0.15) is 5.26 Å². The summed E-state index contributed by atoms with van der Waals surface area (Å²) in [5.74, 6) is 0. The molecule has 0 spiro atoms. The molecule has 0 saturated carbocycles. The van der Waals surface area contributed by atoms with Crippen LogP contribution in [-0.2, 0) is 4.74 Å². The third kappa shape index (κ3) is 1.32. The Labute approximate surface area is 95.6 Å². The molecule has 16 heavy (non-hydrogen) atoms. The summed E-state index contributed by atoms with van der Waals surface area (Å²) in [4.78, 5) is 0. The Morgan fingerprint density at radius 1 is 1.31 bits per heavy atom. The molecule has 2 N–H and O–H groups in total. The Balaban J connectivity index is 1.90. The van der Waals surface area contributed by atoms with E-state index in [9.17, 15) is 10.4 Å². The molecule has 0 aromatic carbocycles. The van der Waals surface area contributed by atoms with Crippen molar-refractivity contribution in [1.29, 1.82) is 5.26 Å². The molecule has 0 radical (unpaired) electrons. The molecule has 3 fully saturated rings. The van der Waals surface area contributed by atoms with Gasteiger partial charge in [0.2, 0.25) is 0 Å². The van der Waals surface area contributed by atoms with Gasteiger partial charge >= 0.3 is 0 Å². The Bertz CT molecular complexity index is 318. The summed E-state index contributed by atoms with van der Waals surface area (Å²) in [5, 5.41) is 23.8. The summed E-state index contributed by atoms with van der Waals surface area (Å²) in [6.07, 6.45) is 4.37. The lowest BCUT2D eigenvalue weighted by molar-refractivity contribution is -0.0906. The zero-order valence-corrected chi connectivity index (χ0v) is 9.41. The van der Waals surface area contributed by atoms with E-state index in [0.29, 0.717) is 44.6 Å². The number of piperidine rings is 1. The summed E-state index contributed by atoms with van der Waals surface area (Å²) in [6, 6.07) is 3.15. The SMILES string of the molecule is N#CC1(C2(O)CC3CCC(C2)N3)CCOC1. The number of rotatable bonds is 1. The average molecular weight is 222 g/mol. The van der Waals surface area contributed by atoms with Crippen LogP contribution in [0, 0.1) is 16.7 Å². The molecular weight excluding hydrogens is 204 g/mol. The molecule has 3 rings (SSSR count). The van der Waals surface area contributed by atoms with Crippen LogP contribution in [0.5, 0.6) is 0 Å². The van der Waals surface area contributed by atoms with Crippen LogP contribution in [0.4, 0.5) is 0 Å². The van der Waals surface area contributed by atoms with Crippen molar-refractivity contribution < 1.29 is 9.84 Å². The van der Waals surface area contributed by atoms with Crippen molar-refractivity contribution in [2.75, 3.05) is 13.2 Å². The third-order valence-corrected chi connectivity index (χ3v) is 4.63. The lowest BCUT2D eigenvalue weighted by atomic mass is 9.66. The number of ether oxygens (including phenoxy) is 1. The van der Waals surface area contributed by atoms with Gasteiger partial charge < -0.3 is 15.2 Å². The first kappa shape index (κ1) is 10.5. The smallest absolute Gasteiger partial charge is 0.111 e. The summed E-state index contributed by atoms with van der Waals surface area (Å²) in [5.41, 5.74) is -1.49. The van der Waals surface area contributed by atoms with Crippen LogP contribution in [0.15, 0.2) is 0 Å². The van der Waals surface area contributed by atoms with Crippen LogP contribution in [-0.4, -0.2) is 36.0 Å². The van der Waals surface area contributed by atoms with E-state index in [1.807, 2.05) is 0 Å². The number of hydrogen-bond acceptors (Lipinski definition) is 4. The molecule has 0 aromatic heterocycles. The maximum atomic E-state index is 10.9. The predicted molar refractivity (Wildman–Crippen MR) is 57.6 cm³/mol. The monoisotopic (exact) mass is 222 g/mol. The maximum Gasteiger partial charge on any atom is 0.111 e. The van der Waals surface area contributed by atoms with E-state index in [0.717, 1.165) is 12.8 Å². The molecule has 0 aliphatic carbocycles. The first-order valence-corrected chi connectivity index (χ1v) is 6.15. The Hall–Kier alpha value is -0.630. The van der Waals surface area contributed by atoms with Crippen LogP contribution in [0.3, 0.4) is 0 Å². The first-order chi connectivity index (χ1) is 7.67. The van der Waals surface area contributed by atoms with Crippen LogP contribution in [0.2, 0.25) is 0 Å². The summed E-state index contributed by atoms with van der Waals surface area (Å²) in [6.45, 7) is 1.01. The molecule has 4 nitrogen and oxygen atoms in total. The molecule has 4 heteroatoms. The van der Waals surface area contributed by atoms with Crippen molar-refractivity contribution in [2.24, 2.45) is 5.41 Å². The minimum absolute atomic E-state index is 0.398. The number of nitrogens with zero attached hydrogens (tertiary/aromatic N) is 1. The second kappa shape index (κ2) is 3.43. The maximum absolute atomic E-state index is 10.9. The average Bonchev–Trinajstić information content (AvgIpc) is 2.86. The van der Waals surface area contributed by atoms with Crippen molar-refractivity contribution in [3.8, 4) is 6.07 Å². The van der Waals surface area contributed by atoms with E-state index in [2.05, 4.69) is 11.4 Å². The Kier molecular flexibility index (Phi) is 2.25. The lowest BCUT2D eigenvalue weighted by Crippen LogP contribution is -2.57. The molecule has 3 aliphatic heterocycles. The second-order valence-electron chi connectivity index (χ2n) is 5.57. The summed E-state index contributed by atoms with van der Waals surface area (Å²) in [7, 11) is 0. The number of aliphatic hydroxyl groups is 1. The molecule has 3 atom stereocenters. The Morgan fingerprint density at radius 3 is 2.50 bits per heavy atom. The van der Waals surface area contributed by atoms with Gasteiger partial charge in [0.15, 0.2) is 0 Å². The molecule has 3 saturated heterocycles. The van der Waals surface area contributed by atoms with Crippen molar-refractivity contribution in [3.63, 3.8) is 0 Å². The number of fused-ring (bicyclic) bond motifs is 2. The second-order valence-corrected chi connectivity index (χ2v) is 5.57. The number of nitriles is 1. The van der Waals surface area contributed by atoms with Crippen LogP contribution in [0.1, 0.15) is 32.1 Å². The van der Waals surface area contributed by atoms with Gasteiger partial charge in [0.05, 0.1) is 18.3 Å². The van der Waals surface area contributed by atoms with Gasteiger partial charge in [0, 0.05) is 18.7 Å². The minimum atomic E-state index is -0.838. The largest absolute Gasteiger partial charge is 0.388 e. The lowest BCUT2D eigenvalue weighted by Gasteiger charge is -2.45. The fourth-order valence-electron chi connectivity index (χ4n) is 3.64. The standard InChI is InChI=1S/C12H18N2O2/c13-7-11(3-4-16-8-11)12(15)5-9-1-2-10(6-12)14-9/h9-10,14-15H,1-6,8H2. The molecular formula is C12H18N2O2. The molecule has 0 amide bonds. The van der Waals surface area contributed by atoms with Gasteiger partial charge in [0.25, 0.3) is 0 Å². The van der Waals surface area contributed by atoms with E-state index < -0.39 is 11.0 Å². The van der Waals surface area contributed by atoms with Gasteiger partial charge in [-0.15, -0.1) is 0 Å². The normalized spacial score (nSPS) is 51.5. The summed E-state index contributed by atoms with van der Waals surface area (Å²) >= 11 is 0. The molecule has 3 heterocycles. The fourth-order valence-corrected chi connectivity index (χ4v) is 3.64. The van der Waals surface area contributed by atoms with Crippen molar-refractivity contribution in [3.05, 3.63) is 0 Å². The number of hydrogen-bond donors (Lipinski definition) is 2. The van der Waals surface area contributed by atoms with Gasteiger partial charge in [0.1, 0.15) is 5.41 Å². The van der Waals surface area contributed by atoms with Crippen molar-refractivity contribution in [2.45, 2.75) is 49.8 Å². The Morgan fingerprint density at radius 2 is 2.00 bits per heavy atom. The van der Waals surface area contributed by atoms with E-state index >= 15 is 0 Å². The van der Waals surface area contributed by atoms with Gasteiger partial charge in [-0.25, -0.2) is 0 Å². The van der Waals surface area contributed by atoms with Crippen molar-refractivity contribution >= 4 is 0 Å².